The van der Waals surface area contributed by atoms with Crippen LogP contribution in [0.2, 0.25) is 5.02 Å². The number of rotatable bonds is 3. The summed E-state index contributed by atoms with van der Waals surface area (Å²) in [4.78, 5) is 0. The molecular formula is C21H17ClO2. The summed E-state index contributed by atoms with van der Waals surface area (Å²) in [5, 5.41) is 0.705. The molecule has 0 N–H and O–H groups in total. The van der Waals surface area contributed by atoms with Crippen molar-refractivity contribution in [2.24, 2.45) is 0 Å². The maximum atomic E-state index is 6.28. The van der Waals surface area contributed by atoms with E-state index >= 15 is 0 Å². The van der Waals surface area contributed by atoms with Gasteiger partial charge in [-0.15, -0.1) is 0 Å². The lowest BCUT2D eigenvalue weighted by Crippen LogP contribution is -2.06. The molecule has 0 aliphatic carbocycles. The van der Waals surface area contributed by atoms with E-state index in [0.29, 0.717) is 5.02 Å². The van der Waals surface area contributed by atoms with Crippen LogP contribution in [-0.4, -0.2) is 0 Å². The molecule has 3 heteroatoms. The van der Waals surface area contributed by atoms with E-state index in [1.54, 1.807) is 0 Å². The summed E-state index contributed by atoms with van der Waals surface area (Å²) in [7, 11) is 0. The van der Waals surface area contributed by atoms with Gasteiger partial charge in [-0.25, -0.2) is 0 Å². The van der Waals surface area contributed by atoms with Crippen LogP contribution in [0.25, 0.3) is 0 Å². The van der Waals surface area contributed by atoms with Gasteiger partial charge in [0.05, 0.1) is 0 Å². The van der Waals surface area contributed by atoms with Crippen molar-refractivity contribution in [2.75, 3.05) is 0 Å². The highest BCUT2D eigenvalue weighted by Crippen LogP contribution is 2.47. The third kappa shape index (κ3) is 3.09. The predicted molar refractivity (Wildman–Crippen MR) is 94.7 cm³/mol. The Balaban J connectivity index is 1.68. The number of hydrogen-bond acceptors (Lipinski definition) is 2. The molecule has 1 heterocycles. The SMILES string of the molecule is Clc1ccc(C2O[C@H](c3ccccc3)[C@@H](c3ccccc3)O2)cc1. The Morgan fingerprint density at radius 2 is 1.00 bits per heavy atom. The molecule has 0 radical (unpaired) electrons. The summed E-state index contributed by atoms with van der Waals surface area (Å²) in [6.07, 6.45) is -0.693. The van der Waals surface area contributed by atoms with E-state index < -0.39 is 6.29 Å². The van der Waals surface area contributed by atoms with E-state index in [4.69, 9.17) is 21.1 Å². The quantitative estimate of drug-likeness (QED) is 0.595. The zero-order valence-corrected chi connectivity index (χ0v) is 13.8. The van der Waals surface area contributed by atoms with Gasteiger partial charge in [-0.1, -0.05) is 84.4 Å². The van der Waals surface area contributed by atoms with Crippen LogP contribution in [0.3, 0.4) is 0 Å². The molecule has 1 aliphatic rings. The average Bonchev–Trinajstić information content (AvgIpc) is 3.09. The highest BCUT2D eigenvalue weighted by Gasteiger charge is 2.38. The fourth-order valence-corrected chi connectivity index (χ4v) is 3.14. The van der Waals surface area contributed by atoms with Crippen molar-refractivity contribution in [3.63, 3.8) is 0 Å². The van der Waals surface area contributed by atoms with E-state index in [0.717, 1.165) is 16.7 Å². The molecule has 0 spiro atoms. The van der Waals surface area contributed by atoms with Crippen molar-refractivity contribution in [2.45, 2.75) is 18.5 Å². The van der Waals surface area contributed by atoms with Crippen LogP contribution in [0.15, 0.2) is 84.9 Å². The van der Waals surface area contributed by atoms with Gasteiger partial charge in [0, 0.05) is 10.6 Å². The van der Waals surface area contributed by atoms with Crippen LogP contribution < -0.4 is 0 Å². The average molecular weight is 337 g/mol. The second kappa shape index (κ2) is 6.78. The summed E-state index contributed by atoms with van der Waals surface area (Å²) in [6, 6.07) is 28.0. The Kier molecular flexibility index (Phi) is 4.35. The topological polar surface area (TPSA) is 18.5 Å². The van der Waals surface area contributed by atoms with E-state index in [1.807, 2.05) is 60.7 Å². The first-order chi connectivity index (χ1) is 11.8. The Morgan fingerprint density at radius 3 is 1.46 bits per heavy atom. The van der Waals surface area contributed by atoms with Gasteiger partial charge in [0.1, 0.15) is 12.2 Å². The summed E-state index contributed by atoms with van der Waals surface area (Å²) in [5.41, 5.74) is 3.20. The summed E-state index contributed by atoms with van der Waals surface area (Å²) in [5.74, 6) is 0. The fraction of sp³-hybridized carbons (Fsp3) is 0.143. The van der Waals surface area contributed by atoms with Crippen molar-refractivity contribution in [3.05, 3.63) is 107 Å². The van der Waals surface area contributed by atoms with Crippen molar-refractivity contribution in [1.82, 2.24) is 0 Å². The summed E-state index contributed by atoms with van der Waals surface area (Å²) in [6.45, 7) is 0. The molecule has 0 bridgehead atoms. The zero-order valence-electron chi connectivity index (χ0n) is 13.0. The van der Waals surface area contributed by atoms with E-state index in [2.05, 4.69) is 24.3 Å². The second-order valence-corrected chi connectivity index (χ2v) is 6.25. The molecule has 3 aromatic carbocycles. The Hall–Kier alpha value is -2.13. The Labute approximate surface area is 146 Å². The highest BCUT2D eigenvalue weighted by molar-refractivity contribution is 6.30. The Bertz CT molecular complexity index is 740. The van der Waals surface area contributed by atoms with Crippen LogP contribution in [-0.2, 0) is 9.47 Å². The van der Waals surface area contributed by atoms with Crippen molar-refractivity contribution in [1.29, 1.82) is 0 Å². The van der Waals surface area contributed by atoms with Crippen LogP contribution in [0, 0.1) is 0 Å². The standard InChI is InChI=1S/C21H17ClO2/c22-18-13-11-17(12-14-18)21-23-19(15-7-3-1-4-8-15)20(24-21)16-9-5-2-6-10-16/h1-14,19-21H/t19-,20-/m1/s1. The molecule has 1 aliphatic heterocycles. The predicted octanol–water partition coefficient (Wildman–Crippen LogP) is 5.87. The first-order valence-corrected chi connectivity index (χ1v) is 8.35. The molecule has 2 atom stereocenters. The number of halogens is 1. The minimum atomic E-state index is -0.405. The van der Waals surface area contributed by atoms with Crippen molar-refractivity contribution < 1.29 is 9.47 Å². The van der Waals surface area contributed by atoms with Gasteiger partial charge in [0.2, 0.25) is 0 Å². The largest absolute Gasteiger partial charge is 0.337 e. The first-order valence-electron chi connectivity index (χ1n) is 7.97. The molecule has 120 valence electrons. The molecule has 2 nitrogen and oxygen atoms in total. The normalized spacial score (nSPS) is 21.0. The van der Waals surface area contributed by atoms with E-state index in [1.165, 1.54) is 0 Å². The number of ether oxygens (including phenoxy) is 2. The molecule has 4 rings (SSSR count). The second-order valence-electron chi connectivity index (χ2n) is 5.82. The molecule has 0 unspecified atom stereocenters. The number of benzene rings is 3. The molecule has 3 aromatic rings. The van der Waals surface area contributed by atoms with Gasteiger partial charge in [0.25, 0.3) is 0 Å². The maximum absolute atomic E-state index is 6.28. The van der Waals surface area contributed by atoms with Gasteiger partial charge in [-0.2, -0.15) is 0 Å². The molecule has 0 aromatic heterocycles. The van der Waals surface area contributed by atoms with Gasteiger partial charge in [-0.05, 0) is 23.3 Å². The minimum absolute atomic E-state index is 0.144. The molecule has 0 amide bonds. The molecular weight excluding hydrogens is 320 g/mol. The zero-order chi connectivity index (χ0) is 16.4. The van der Waals surface area contributed by atoms with Gasteiger partial charge in [0.15, 0.2) is 6.29 Å². The lowest BCUT2D eigenvalue weighted by molar-refractivity contribution is -0.0698. The molecule has 24 heavy (non-hydrogen) atoms. The summed E-state index contributed by atoms with van der Waals surface area (Å²) >= 11 is 5.99. The third-order valence-corrected chi connectivity index (χ3v) is 4.47. The van der Waals surface area contributed by atoms with Crippen LogP contribution in [0.1, 0.15) is 35.2 Å². The van der Waals surface area contributed by atoms with E-state index in [-0.39, 0.29) is 12.2 Å². The van der Waals surface area contributed by atoms with Crippen molar-refractivity contribution >= 4 is 11.6 Å². The molecule has 0 saturated carbocycles. The van der Waals surface area contributed by atoms with Crippen LogP contribution in [0.4, 0.5) is 0 Å². The lowest BCUT2D eigenvalue weighted by atomic mass is 9.99. The summed E-state index contributed by atoms with van der Waals surface area (Å²) < 4.78 is 12.6. The van der Waals surface area contributed by atoms with Crippen LogP contribution in [0.5, 0.6) is 0 Å². The first kappa shape index (κ1) is 15.4. The third-order valence-electron chi connectivity index (χ3n) is 4.21. The van der Waals surface area contributed by atoms with Gasteiger partial charge in [-0.3, -0.25) is 0 Å². The number of hydrogen-bond donors (Lipinski definition) is 0. The smallest absolute Gasteiger partial charge is 0.185 e. The molecule has 1 saturated heterocycles. The van der Waals surface area contributed by atoms with Gasteiger partial charge < -0.3 is 9.47 Å². The highest BCUT2D eigenvalue weighted by atomic mass is 35.5. The van der Waals surface area contributed by atoms with Crippen molar-refractivity contribution in [3.8, 4) is 0 Å². The monoisotopic (exact) mass is 336 g/mol. The van der Waals surface area contributed by atoms with E-state index in [9.17, 15) is 0 Å². The maximum Gasteiger partial charge on any atom is 0.185 e. The molecule has 1 fully saturated rings. The lowest BCUT2D eigenvalue weighted by Gasteiger charge is -2.17. The van der Waals surface area contributed by atoms with Gasteiger partial charge >= 0.3 is 0 Å². The fourth-order valence-electron chi connectivity index (χ4n) is 3.01. The van der Waals surface area contributed by atoms with Crippen LogP contribution >= 0.6 is 11.6 Å². The minimum Gasteiger partial charge on any atom is -0.337 e. The Morgan fingerprint density at radius 1 is 0.542 bits per heavy atom.